The second-order valence-corrected chi connectivity index (χ2v) is 7.81. The summed E-state index contributed by atoms with van der Waals surface area (Å²) in [6.07, 6.45) is 13.8. The van der Waals surface area contributed by atoms with Gasteiger partial charge in [0.05, 0.1) is 0 Å². The van der Waals surface area contributed by atoms with E-state index in [-0.39, 0.29) is 11.9 Å². The molecule has 31 heavy (non-hydrogen) atoms. The molecule has 0 aliphatic heterocycles. The van der Waals surface area contributed by atoms with Crippen LogP contribution in [-0.2, 0) is 11.2 Å². The number of hydrogen-bond acceptors (Lipinski definition) is 2. The lowest BCUT2D eigenvalue weighted by molar-refractivity contribution is -0.118. The van der Waals surface area contributed by atoms with Crippen LogP contribution in [0.1, 0.15) is 71.8 Å². The van der Waals surface area contributed by atoms with Crippen molar-refractivity contribution in [2.24, 2.45) is 0 Å². The Hall–Kier alpha value is -2.55. The molecule has 0 unspecified atom stereocenters. The lowest BCUT2D eigenvalue weighted by Crippen LogP contribution is -2.36. The van der Waals surface area contributed by atoms with Crippen molar-refractivity contribution in [2.75, 3.05) is 7.05 Å². The Morgan fingerprint density at radius 3 is 2.32 bits per heavy atom. The van der Waals surface area contributed by atoms with E-state index in [1.807, 2.05) is 46.0 Å². The van der Waals surface area contributed by atoms with E-state index in [1.54, 1.807) is 0 Å². The van der Waals surface area contributed by atoms with Crippen LogP contribution in [0, 0.1) is 0 Å². The predicted octanol–water partition coefficient (Wildman–Crippen LogP) is 6.65. The Morgan fingerprint density at radius 1 is 1.10 bits per heavy atom. The summed E-state index contributed by atoms with van der Waals surface area (Å²) in [5.74, 6) is 0.00946. The van der Waals surface area contributed by atoms with Gasteiger partial charge in [-0.15, -0.1) is 0 Å². The number of amides is 1. The molecule has 170 valence electrons. The number of nitrogens with one attached hydrogen (secondary N) is 2. The van der Waals surface area contributed by atoms with Crippen molar-refractivity contribution < 1.29 is 4.79 Å². The van der Waals surface area contributed by atoms with Gasteiger partial charge in [0.15, 0.2) is 0 Å². The largest absolute Gasteiger partial charge is 0.388 e. The van der Waals surface area contributed by atoms with Crippen LogP contribution in [-0.4, -0.2) is 19.0 Å². The third-order valence-corrected chi connectivity index (χ3v) is 5.41. The Morgan fingerprint density at radius 2 is 1.74 bits per heavy atom. The van der Waals surface area contributed by atoms with E-state index in [9.17, 15) is 4.79 Å². The SMILES string of the molecule is C=C(NC)/C(C)=C/C(=C\C(=C\CC)Cc1ccccc1)C(=O)NC1CCCCC1.CC. The Kier molecular flexibility index (Phi) is 13.1. The van der Waals surface area contributed by atoms with Crippen LogP contribution in [0.25, 0.3) is 0 Å². The second-order valence-electron chi connectivity index (χ2n) is 7.81. The molecule has 3 nitrogen and oxygen atoms in total. The molecule has 2 rings (SSSR count). The molecule has 3 heteroatoms. The highest BCUT2D eigenvalue weighted by atomic mass is 16.1. The third kappa shape index (κ3) is 9.87. The van der Waals surface area contributed by atoms with Gasteiger partial charge in [0.25, 0.3) is 5.91 Å². The summed E-state index contributed by atoms with van der Waals surface area (Å²) in [5.41, 5.74) is 4.89. The summed E-state index contributed by atoms with van der Waals surface area (Å²) >= 11 is 0. The summed E-state index contributed by atoms with van der Waals surface area (Å²) in [6.45, 7) is 12.1. The van der Waals surface area contributed by atoms with E-state index in [4.69, 9.17) is 0 Å². The quantitative estimate of drug-likeness (QED) is 0.346. The van der Waals surface area contributed by atoms with Gasteiger partial charge in [-0.25, -0.2) is 0 Å². The summed E-state index contributed by atoms with van der Waals surface area (Å²) < 4.78 is 0. The van der Waals surface area contributed by atoms with Gasteiger partial charge in [-0.2, -0.15) is 0 Å². The van der Waals surface area contributed by atoms with Crippen molar-refractivity contribution in [1.82, 2.24) is 10.6 Å². The zero-order chi connectivity index (χ0) is 23.1. The van der Waals surface area contributed by atoms with Crippen molar-refractivity contribution in [3.63, 3.8) is 0 Å². The molecule has 1 aromatic carbocycles. The molecule has 1 aliphatic rings. The molecule has 1 aliphatic carbocycles. The summed E-state index contributed by atoms with van der Waals surface area (Å²) in [5, 5.41) is 6.34. The normalized spacial score (nSPS) is 15.6. The first-order valence-corrected chi connectivity index (χ1v) is 11.8. The monoisotopic (exact) mass is 422 g/mol. The van der Waals surface area contributed by atoms with Crippen LogP contribution >= 0.6 is 0 Å². The molecule has 1 amide bonds. The Bertz CT molecular complexity index is 765. The Labute approximate surface area is 190 Å². The van der Waals surface area contributed by atoms with E-state index in [1.165, 1.54) is 24.8 Å². The first-order chi connectivity index (χ1) is 15.0. The molecule has 1 aromatic rings. The van der Waals surface area contributed by atoms with E-state index >= 15 is 0 Å². The molecule has 0 radical (unpaired) electrons. The maximum atomic E-state index is 13.1. The van der Waals surface area contributed by atoms with Crippen molar-refractivity contribution in [3.05, 3.63) is 83.1 Å². The number of carbonyl (C=O) groups excluding carboxylic acids is 1. The fourth-order valence-electron chi connectivity index (χ4n) is 3.68. The molecular formula is C28H42N2O. The van der Waals surface area contributed by atoms with Crippen LogP contribution in [0.3, 0.4) is 0 Å². The maximum absolute atomic E-state index is 13.1. The van der Waals surface area contributed by atoms with Gasteiger partial charge in [0.1, 0.15) is 0 Å². The van der Waals surface area contributed by atoms with Crippen LogP contribution in [0.15, 0.2) is 77.6 Å². The van der Waals surface area contributed by atoms with E-state index in [0.717, 1.165) is 42.5 Å². The van der Waals surface area contributed by atoms with Crippen molar-refractivity contribution in [2.45, 2.75) is 78.7 Å². The summed E-state index contributed by atoms with van der Waals surface area (Å²) in [6, 6.07) is 10.7. The van der Waals surface area contributed by atoms with Crippen molar-refractivity contribution in [1.29, 1.82) is 0 Å². The predicted molar refractivity (Wildman–Crippen MR) is 135 cm³/mol. The summed E-state index contributed by atoms with van der Waals surface area (Å²) in [4.78, 5) is 13.1. The fraction of sp³-hybridized carbons (Fsp3) is 0.464. The van der Waals surface area contributed by atoms with E-state index < -0.39 is 0 Å². The molecule has 0 heterocycles. The standard InChI is InChI=1S/C26H36N2O.C2H6/c1-5-12-23(18-22-13-8-6-9-14-22)19-24(17-20(2)21(3)27-4)26(29)28-25-15-10-7-11-16-25;1-2/h6,8-9,12-14,17,19,25,27H,3,5,7,10-11,15-16,18H2,1-2,4H3,(H,28,29);1-2H3/b20-17+,23-12+,24-19+;. The van der Waals surface area contributed by atoms with Gasteiger partial charge >= 0.3 is 0 Å². The van der Waals surface area contributed by atoms with Gasteiger partial charge in [0.2, 0.25) is 0 Å². The summed E-state index contributed by atoms with van der Waals surface area (Å²) in [7, 11) is 1.85. The number of carbonyl (C=O) groups is 1. The smallest absolute Gasteiger partial charge is 0.251 e. The maximum Gasteiger partial charge on any atom is 0.251 e. The average Bonchev–Trinajstić information content (AvgIpc) is 2.80. The molecule has 0 saturated heterocycles. The Balaban J connectivity index is 0.00000233. The topological polar surface area (TPSA) is 41.1 Å². The molecule has 0 atom stereocenters. The van der Waals surface area contributed by atoms with Gasteiger partial charge in [-0.1, -0.05) is 83.0 Å². The van der Waals surface area contributed by atoms with E-state index in [2.05, 4.69) is 54.5 Å². The number of hydrogen-bond donors (Lipinski definition) is 2. The molecule has 2 N–H and O–H groups in total. The van der Waals surface area contributed by atoms with Crippen LogP contribution in [0.2, 0.25) is 0 Å². The fourth-order valence-corrected chi connectivity index (χ4v) is 3.68. The van der Waals surface area contributed by atoms with Crippen LogP contribution in [0.5, 0.6) is 0 Å². The lowest BCUT2D eigenvalue weighted by atomic mass is 9.94. The molecule has 0 bridgehead atoms. The molecule has 1 saturated carbocycles. The average molecular weight is 423 g/mol. The molecule has 0 spiro atoms. The number of rotatable bonds is 9. The third-order valence-electron chi connectivity index (χ3n) is 5.41. The highest BCUT2D eigenvalue weighted by molar-refractivity contribution is 5.97. The minimum absolute atomic E-state index is 0.00946. The zero-order valence-corrected chi connectivity index (χ0v) is 20.3. The minimum atomic E-state index is 0.00946. The van der Waals surface area contributed by atoms with Gasteiger partial charge in [0, 0.05) is 24.4 Å². The second kappa shape index (κ2) is 15.3. The van der Waals surface area contributed by atoms with Crippen LogP contribution < -0.4 is 10.6 Å². The van der Waals surface area contributed by atoms with Gasteiger partial charge in [-0.05, 0) is 61.5 Å². The van der Waals surface area contributed by atoms with Crippen LogP contribution in [0.4, 0.5) is 0 Å². The van der Waals surface area contributed by atoms with E-state index in [0.29, 0.717) is 5.57 Å². The lowest BCUT2D eigenvalue weighted by Gasteiger charge is -2.23. The molecule has 1 fully saturated rings. The first kappa shape index (κ1) is 26.5. The molecule has 0 aromatic heterocycles. The molecular weight excluding hydrogens is 380 g/mol. The first-order valence-electron chi connectivity index (χ1n) is 11.8. The number of benzene rings is 1. The highest BCUT2D eigenvalue weighted by Gasteiger charge is 2.18. The number of likely N-dealkylation sites (N-methyl/N-ethyl adjacent to an activating group) is 1. The van der Waals surface area contributed by atoms with Gasteiger partial charge < -0.3 is 10.6 Å². The van der Waals surface area contributed by atoms with Crippen molar-refractivity contribution >= 4 is 5.91 Å². The zero-order valence-electron chi connectivity index (χ0n) is 20.3. The highest BCUT2D eigenvalue weighted by Crippen LogP contribution is 2.20. The van der Waals surface area contributed by atoms with Gasteiger partial charge in [-0.3, -0.25) is 4.79 Å². The van der Waals surface area contributed by atoms with Crippen molar-refractivity contribution in [3.8, 4) is 0 Å². The number of allylic oxidation sites excluding steroid dienone is 4. The minimum Gasteiger partial charge on any atom is -0.388 e.